The van der Waals surface area contributed by atoms with Crippen LogP contribution in [-0.4, -0.2) is 61.9 Å². The molecule has 2 rings (SSSR count). The molecule has 1 aromatic heterocycles. The Balaban J connectivity index is 1.85. The first kappa shape index (κ1) is 17.2. The van der Waals surface area contributed by atoms with E-state index < -0.39 is 0 Å². The fourth-order valence-electron chi connectivity index (χ4n) is 2.62. The Labute approximate surface area is 140 Å². The molecule has 7 heteroatoms. The molecule has 0 atom stereocenters. The van der Waals surface area contributed by atoms with Crippen LogP contribution < -0.4 is 5.32 Å². The Bertz CT molecular complexity index is 527. The van der Waals surface area contributed by atoms with Crippen molar-refractivity contribution in [3.8, 4) is 0 Å². The van der Waals surface area contributed by atoms with Gasteiger partial charge in [-0.2, -0.15) is 0 Å². The van der Waals surface area contributed by atoms with E-state index in [1.54, 1.807) is 17.0 Å². The fourth-order valence-corrected chi connectivity index (χ4v) is 3.63. The Hall–Kier alpha value is -1.11. The highest BCUT2D eigenvalue weighted by atomic mass is 35.5. The summed E-state index contributed by atoms with van der Waals surface area (Å²) in [4.78, 5) is 28.9. The molecule has 0 aromatic carbocycles. The minimum absolute atomic E-state index is 0.0198. The maximum absolute atomic E-state index is 12.3. The van der Waals surface area contributed by atoms with Crippen LogP contribution in [0.1, 0.15) is 22.5 Å². The summed E-state index contributed by atoms with van der Waals surface area (Å²) >= 11 is 7.18. The number of hydrogen-bond donors (Lipinski definition) is 1. The summed E-state index contributed by atoms with van der Waals surface area (Å²) in [5, 5.41) is 3.04. The van der Waals surface area contributed by atoms with Gasteiger partial charge in [-0.15, -0.1) is 11.3 Å². The molecule has 0 radical (unpaired) electrons. The number of halogens is 1. The Morgan fingerprint density at radius 2 is 2.09 bits per heavy atom. The van der Waals surface area contributed by atoms with Gasteiger partial charge in [0.25, 0.3) is 5.91 Å². The Morgan fingerprint density at radius 3 is 2.64 bits per heavy atom. The second-order valence-electron chi connectivity index (χ2n) is 5.53. The lowest BCUT2D eigenvalue weighted by Crippen LogP contribution is -2.44. The number of nitrogens with zero attached hydrogens (tertiary/aromatic N) is 2. The molecule has 1 aliphatic rings. The number of hydrogen-bond acceptors (Lipinski definition) is 4. The van der Waals surface area contributed by atoms with Crippen LogP contribution in [0.4, 0.5) is 0 Å². The van der Waals surface area contributed by atoms with Gasteiger partial charge in [-0.3, -0.25) is 9.59 Å². The van der Waals surface area contributed by atoms with E-state index in [4.69, 9.17) is 11.6 Å². The molecule has 1 N–H and O–H groups in total. The monoisotopic (exact) mass is 343 g/mol. The van der Waals surface area contributed by atoms with Gasteiger partial charge in [0, 0.05) is 39.1 Å². The molecule has 5 nitrogen and oxygen atoms in total. The highest BCUT2D eigenvalue weighted by Gasteiger charge is 2.29. The average molecular weight is 344 g/mol. The van der Waals surface area contributed by atoms with Crippen LogP contribution in [-0.2, 0) is 4.79 Å². The Morgan fingerprint density at radius 1 is 1.41 bits per heavy atom. The van der Waals surface area contributed by atoms with Crippen molar-refractivity contribution in [1.82, 2.24) is 15.1 Å². The topological polar surface area (TPSA) is 52.7 Å². The highest BCUT2D eigenvalue weighted by molar-refractivity contribution is 7.17. The van der Waals surface area contributed by atoms with E-state index in [2.05, 4.69) is 5.32 Å². The van der Waals surface area contributed by atoms with Crippen LogP contribution in [0, 0.1) is 5.92 Å². The molecule has 22 heavy (non-hydrogen) atoms. The minimum Gasteiger partial charge on any atom is -0.344 e. The predicted molar refractivity (Wildman–Crippen MR) is 89.5 cm³/mol. The molecular formula is C15H22ClN3O2S. The first-order valence-electron chi connectivity index (χ1n) is 7.47. The summed E-state index contributed by atoms with van der Waals surface area (Å²) < 4.78 is 0.625. The number of likely N-dealkylation sites (N-methyl/N-ethyl adjacent to an activating group) is 2. The summed E-state index contributed by atoms with van der Waals surface area (Å²) in [6.45, 7) is 2.76. The zero-order valence-electron chi connectivity index (χ0n) is 13.0. The van der Waals surface area contributed by atoms with Crippen LogP contribution in [0.15, 0.2) is 12.1 Å². The number of amides is 2. The largest absolute Gasteiger partial charge is 0.344 e. The molecule has 122 valence electrons. The number of carbonyl (C=O) groups excluding carboxylic acids is 2. The number of thiophene rings is 1. The molecule has 0 aliphatic carbocycles. The molecule has 0 bridgehead atoms. The van der Waals surface area contributed by atoms with Crippen molar-refractivity contribution in [3.63, 3.8) is 0 Å². The molecule has 1 aromatic rings. The van der Waals surface area contributed by atoms with Gasteiger partial charge < -0.3 is 15.1 Å². The van der Waals surface area contributed by atoms with Crippen LogP contribution >= 0.6 is 22.9 Å². The van der Waals surface area contributed by atoms with Crippen molar-refractivity contribution < 1.29 is 9.59 Å². The maximum Gasteiger partial charge on any atom is 0.263 e. The van der Waals surface area contributed by atoms with Crippen molar-refractivity contribution in [3.05, 3.63) is 21.3 Å². The third-order valence-electron chi connectivity index (χ3n) is 3.99. The quantitative estimate of drug-likeness (QED) is 0.888. The van der Waals surface area contributed by atoms with Crippen LogP contribution in [0.3, 0.4) is 0 Å². The van der Waals surface area contributed by atoms with Crippen LogP contribution in [0.5, 0.6) is 0 Å². The molecule has 1 aliphatic heterocycles. The van der Waals surface area contributed by atoms with Crippen molar-refractivity contribution in [2.45, 2.75) is 12.8 Å². The molecule has 2 amide bonds. The van der Waals surface area contributed by atoms with Gasteiger partial charge in [0.15, 0.2) is 0 Å². The SMILES string of the molecule is CNCCN(C)C(=O)C1CCN(C(=O)c2ccc(Cl)s2)CC1. The number of piperidine rings is 1. The smallest absolute Gasteiger partial charge is 0.263 e. The second-order valence-corrected chi connectivity index (χ2v) is 7.25. The molecule has 0 saturated carbocycles. The molecule has 0 unspecified atom stereocenters. The zero-order chi connectivity index (χ0) is 16.1. The number of carbonyl (C=O) groups is 2. The third-order valence-corrected chi connectivity index (χ3v) is 5.21. The van der Waals surface area contributed by atoms with E-state index in [0.717, 1.165) is 19.4 Å². The van der Waals surface area contributed by atoms with Crippen LogP contribution in [0.25, 0.3) is 0 Å². The highest BCUT2D eigenvalue weighted by Crippen LogP contribution is 2.25. The molecule has 1 saturated heterocycles. The van der Waals surface area contributed by atoms with Gasteiger partial charge in [-0.25, -0.2) is 0 Å². The van der Waals surface area contributed by atoms with Crippen molar-refractivity contribution in [2.24, 2.45) is 5.92 Å². The molecule has 2 heterocycles. The summed E-state index contributed by atoms with van der Waals surface area (Å²) in [5.74, 6) is 0.227. The maximum atomic E-state index is 12.3. The normalized spacial score (nSPS) is 15.9. The third kappa shape index (κ3) is 4.21. The number of likely N-dealkylation sites (tertiary alicyclic amines) is 1. The molecule has 1 fully saturated rings. The van der Waals surface area contributed by atoms with E-state index in [1.165, 1.54) is 11.3 Å². The van der Waals surface area contributed by atoms with Crippen molar-refractivity contribution in [1.29, 1.82) is 0 Å². The second kappa shape index (κ2) is 7.94. The van der Waals surface area contributed by atoms with Crippen molar-refractivity contribution >= 4 is 34.8 Å². The molecule has 0 spiro atoms. The van der Waals surface area contributed by atoms with E-state index in [1.807, 2.05) is 19.0 Å². The Kier molecular flexibility index (Phi) is 6.23. The van der Waals surface area contributed by atoms with Gasteiger partial charge >= 0.3 is 0 Å². The van der Waals surface area contributed by atoms with E-state index in [-0.39, 0.29) is 17.7 Å². The number of nitrogens with one attached hydrogen (secondary N) is 1. The standard InChI is InChI=1S/C15H22ClN3O2S/c1-17-7-10-18(2)14(20)11-5-8-19(9-6-11)15(21)12-3-4-13(16)22-12/h3-4,11,17H,5-10H2,1-2H3. The minimum atomic E-state index is 0.0198. The lowest BCUT2D eigenvalue weighted by Gasteiger charge is -2.33. The number of rotatable bonds is 5. The predicted octanol–water partition coefficient (Wildman–Crippen LogP) is 1.93. The van der Waals surface area contributed by atoms with Gasteiger partial charge in [0.05, 0.1) is 9.21 Å². The fraction of sp³-hybridized carbons (Fsp3) is 0.600. The zero-order valence-corrected chi connectivity index (χ0v) is 14.5. The first-order valence-corrected chi connectivity index (χ1v) is 8.66. The molecular weight excluding hydrogens is 322 g/mol. The van der Waals surface area contributed by atoms with Crippen LogP contribution in [0.2, 0.25) is 4.34 Å². The van der Waals surface area contributed by atoms with Gasteiger partial charge in [-0.05, 0) is 32.0 Å². The van der Waals surface area contributed by atoms with Gasteiger partial charge in [-0.1, -0.05) is 11.6 Å². The van der Waals surface area contributed by atoms with E-state index in [0.29, 0.717) is 28.8 Å². The van der Waals surface area contributed by atoms with Gasteiger partial charge in [0.1, 0.15) is 0 Å². The summed E-state index contributed by atoms with van der Waals surface area (Å²) in [6, 6.07) is 3.50. The van der Waals surface area contributed by atoms with Gasteiger partial charge in [0.2, 0.25) is 5.91 Å². The first-order chi connectivity index (χ1) is 10.5. The summed E-state index contributed by atoms with van der Waals surface area (Å²) in [6.07, 6.45) is 1.46. The average Bonchev–Trinajstić information content (AvgIpc) is 2.97. The van der Waals surface area contributed by atoms with E-state index in [9.17, 15) is 9.59 Å². The van der Waals surface area contributed by atoms with E-state index >= 15 is 0 Å². The lowest BCUT2D eigenvalue weighted by molar-refractivity contribution is -0.135. The van der Waals surface area contributed by atoms with Crippen molar-refractivity contribution in [2.75, 3.05) is 40.3 Å². The summed E-state index contributed by atoms with van der Waals surface area (Å²) in [5.41, 5.74) is 0. The lowest BCUT2D eigenvalue weighted by atomic mass is 9.95. The summed E-state index contributed by atoms with van der Waals surface area (Å²) in [7, 11) is 3.71.